The number of carbonyl (C=O) groups is 2. The topological polar surface area (TPSA) is 82.1 Å². The van der Waals surface area contributed by atoms with Gasteiger partial charge in [-0.15, -0.1) is 0 Å². The van der Waals surface area contributed by atoms with Gasteiger partial charge in [-0.1, -0.05) is 6.58 Å². The zero-order chi connectivity index (χ0) is 14.3. The number of hydrogen-bond acceptors (Lipinski definition) is 5. The quantitative estimate of drug-likeness (QED) is 0.453. The number of ether oxygens (including phenoxy) is 3. The van der Waals surface area contributed by atoms with Gasteiger partial charge >= 0.3 is 12.1 Å². The monoisotopic (exact) mass is 272 g/mol. The maximum Gasteiger partial charge on any atom is 0.506 e. The molecule has 1 N–H and O–H groups in total. The Morgan fingerprint density at radius 3 is 2.26 bits per heavy atom. The molecule has 1 aliphatic rings. The van der Waals surface area contributed by atoms with Gasteiger partial charge in [0.05, 0.1) is 12.7 Å². The van der Waals surface area contributed by atoms with Crippen molar-refractivity contribution in [1.82, 2.24) is 0 Å². The Bertz CT molecular complexity index is 330. The smallest absolute Gasteiger partial charge is 0.460 e. The van der Waals surface area contributed by atoms with Crippen LogP contribution < -0.4 is 0 Å². The largest absolute Gasteiger partial charge is 0.506 e. The summed E-state index contributed by atoms with van der Waals surface area (Å²) in [6.07, 6.45) is 1.48. The molecule has 0 amide bonds. The maximum absolute atomic E-state index is 11.1. The van der Waals surface area contributed by atoms with Crippen LogP contribution in [0.3, 0.4) is 0 Å². The van der Waals surface area contributed by atoms with E-state index in [0.717, 1.165) is 12.8 Å². The van der Waals surface area contributed by atoms with Crippen LogP contribution in [0, 0.1) is 0 Å². The highest BCUT2D eigenvalue weighted by Gasteiger charge is 2.24. The van der Waals surface area contributed by atoms with Crippen molar-refractivity contribution in [3.8, 4) is 0 Å². The molecule has 0 aromatic carbocycles. The first-order valence-electron chi connectivity index (χ1n) is 6.33. The van der Waals surface area contributed by atoms with E-state index < -0.39 is 12.1 Å². The molecule has 19 heavy (non-hydrogen) atoms. The van der Waals surface area contributed by atoms with E-state index in [0.29, 0.717) is 25.0 Å². The van der Waals surface area contributed by atoms with Crippen LogP contribution in [0.15, 0.2) is 12.2 Å². The summed E-state index contributed by atoms with van der Waals surface area (Å²) in [6.45, 7) is 5.62. The molecule has 0 aromatic rings. The Labute approximate surface area is 112 Å². The number of esters is 1. The molecule has 6 nitrogen and oxygen atoms in total. The van der Waals surface area contributed by atoms with Crippen LogP contribution in [0.25, 0.3) is 0 Å². The molecule has 1 rings (SSSR count). The number of carbonyl (C=O) groups excluding carboxylic acids is 1. The van der Waals surface area contributed by atoms with Crippen LogP contribution in [0.5, 0.6) is 0 Å². The second kappa shape index (κ2) is 7.78. The Morgan fingerprint density at radius 2 is 1.74 bits per heavy atom. The van der Waals surface area contributed by atoms with E-state index in [1.807, 2.05) is 0 Å². The van der Waals surface area contributed by atoms with Gasteiger partial charge in [0.1, 0.15) is 12.7 Å². The van der Waals surface area contributed by atoms with Gasteiger partial charge in [-0.2, -0.15) is 0 Å². The lowest BCUT2D eigenvalue weighted by Gasteiger charge is -2.27. The highest BCUT2D eigenvalue weighted by Crippen LogP contribution is 2.23. The third-order valence-corrected chi connectivity index (χ3v) is 2.91. The first-order chi connectivity index (χ1) is 8.99. The molecular formula is C13H20O6. The minimum Gasteiger partial charge on any atom is -0.460 e. The van der Waals surface area contributed by atoms with Crippen molar-refractivity contribution in [3.05, 3.63) is 12.2 Å². The molecule has 0 radical (unpaired) electrons. The van der Waals surface area contributed by atoms with E-state index in [1.54, 1.807) is 6.92 Å². The summed E-state index contributed by atoms with van der Waals surface area (Å²) in [6, 6.07) is 0. The molecule has 1 saturated carbocycles. The SMILES string of the molecule is C=C(C)C(=O)OCCOC1CCC(OC(=O)O)CC1. The van der Waals surface area contributed by atoms with E-state index in [-0.39, 0.29) is 18.8 Å². The molecule has 108 valence electrons. The van der Waals surface area contributed by atoms with Gasteiger partial charge in [0.25, 0.3) is 0 Å². The summed E-state index contributed by atoms with van der Waals surface area (Å²) in [5.41, 5.74) is 0.367. The standard InChI is InChI=1S/C13H20O6/c1-9(2)12(14)18-8-7-17-10-3-5-11(6-4-10)19-13(15)16/h10-11H,1,3-8H2,2H3,(H,15,16). The van der Waals surface area contributed by atoms with E-state index in [1.165, 1.54) is 0 Å². The summed E-state index contributed by atoms with van der Waals surface area (Å²) in [5.74, 6) is -0.415. The van der Waals surface area contributed by atoms with Crippen LogP contribution in [0.1, 0.15) is 32.6 Å². The predicted octanol–water partition coefficient (Wildman–Crippen LogP) is 2.13. The van der Waals surface area contributed by atoms with Gasteiger partial charge in [-0.25, -0.2) is 9.59 Å². The molecule has 0 unspecified atom stereocenters. The molecule has 0 saturated heterocycles. The van der Waals surface area contributed by atoms with Crippen molar-refractivity contribution < 1.29 is 28.9 Å². The Hall–Kier alpha value is -1.56. The fourth-order valence-electron chi connectivity index (χ4n) is 1.93. The van der Waals surface area contributed by atoms with Crippen LogP contribution >= 0.6 is 0 Å². The van der Waals surface area contributed by atoms with Gasteiger partial charge < -0.3 is 19.3 Å². The summed E-state index contributed by atoms with van der Waals surface area (Å²) in [7, 11) is 0. The van der Waals surface area contributed by atoms with Crippen LogP contribution in [-0.2, 0) is 19.0 Å². The van der Waals surface area contributed by atoms with Gasteiger partial charge in [0.15, 0.2) is 0 Å². The van der Waals surface area contributed by atoms with Crippen molar-refractivity contribution in [1.29, 1.82) is 0 Å². The van der Waals surface area contributed by atoms with Crippen LogP contribution in [-0.4, -0.2) is 42.7 Å². The van der Waals surface area contributed by atoms with Crippen LogP contribution in [0.4, 0.5) is 4.79 Å². The average Bonchev–Trinajstić information content (AvgIpc) is 2.35. The zero-order valence-electron chi connectivity index (χ0n) is 11.1. The lowest BCUT2D eigenvalue weighted by atomic mass is 9.95. The predicted molar refractivity (Wildman–Crippen MR) is 66.9 cm³/mol. The van der Waals surface area contributed by atoms with E-state index >= 15 is 0 Å². The molecule has 0 bridgehead atoms. The maximum atomic E-state index is 11.1. The first-order valence-corrected chi connectivity index (χ1v) is 6.33. The Balaban J connectivity index is 2.08. The molecule has 1 fully saturated rings. The minimum atomic E-state index is -1.23. The molecule has 6 heteroatoms. The van der Waals surface area contributed by atoms with E-state index in [2.05, 4.69) is 6.58 Å². The first kappa shape index (κ1) is 15.5. The normalized spacial score (nSPS) is 22.6. The lowest BCUT2D eigenvalue weighted by Crippen LogP contribution is -2.28. The molecule has 0 heterocycles. The fraction of sp³-hybridized carbons (Fsp3) is 0.692. The van der Waals surface area contributed by atoms with Gasteiger partial charge in [-0.05, 0) is 32.6 Å². The molecule has 0 aromatic heterocycles. The minimum absolute atomic E-state index is 0.0807. The molecule has 1 aliphatic carbocycles. The van der Waals surface area contributed by atoms with Gasteiger partial charge in [0, 0.05) is 5.57 Å². The Kier molecular flexibility index (Phi) is 6.35. The fourth-order valence-corrected chi connectivity index (χ4v) is 1.93. The van der Waals surface area contributed by atoms with E-state index in [4.69, 9.17) is 19.3 Å². The average molecular weight is 272 g/mol. The molecule has 0 aliphatic heterocycles. The third kappa shape index (κ3) is 6.24. The number of hydrogen-bond donors (Lipinski definition) is 1. The van der Waals surface area contributed by atoms with Crippen molar-refractivity contribution in [2.75, 3.05) is 13.2 Å². The molecular weight excluding hydrogens is 252 g/mol. The lowest BCUT2D eigenvalue weighted by molar-refractivity contribution is -0.141. The summed E-state index contributed by atoms with van der Waals surface area (Å²) in [4.78, 5) is 21.5. The van der Waals surface area contributed by atoms with Crippen molar-refractivity contribution in [2.24, 2.45) is 0 Å². The van der Waals surface area contributed by atoms with Crippen molar-refractivity contribution >= 4 is 12.1 Å². The van der Waals surface area contributed by atoms with E-state index in [9.17, 15) is 9.59 Å². The molecule has 0 atom stereocenters. The van der Waals surface area contributed by atoms with Crippen molar-refractivity contribution in [3.63, 3.8) is 0 Å². The summed E-state index contributed by atoms with van der Waals surface area (Å²) >= 11 is 0. The number of carboxylic acid groups (broad SMARTS) is 1. The number of rotatable bonds is 6. The van der Waals surface area contributed by atoms with Gasteiger partial charge in [-0.3, -0.25) is 0 Å². The summed E-state index contributed by atoms with van der Waals surface area (Å²) < 4.78 is 15.2. The highest BCUT2D eigenvalue weighted by atomic mass is 16.7. The Morgan fingerprint density at radius 1 is 1.16 bits per heavy atom. The van der Waals surface area contributed by atoms with Gasteiger partial charge in [0.2, 0.25) is 0 Å². The highest BCUT2D eigenvalue weighted by molar-refractivity contribution is 5.86. The van der Waals surface area contributed by atoms with Crippen molar-refractivity contribution in [2.45, 2.75) is 44.8 Å². The second-order valence-corrected chi connectivity index (χ2v) is 4.57. The van der Waals surface area contributed by atoms with Crippen LogP contribution in [0.2, 0.25) is 0 Å². The molecule has 0 spiro atoms. The summed E-state index contributed by atoms with van der Waals surface area (Å²) in [5, 5.41) is 8.49. The zero-order valence-corrected chi connectivity index (χ0v) is 11.1. The second-order valence-electron chi connectivity index (χ2n) is 4.57. The third-order valence-electron chi connectivity index (χ3n) is 2.91.